The molecule has 0 heterocycles. The fourth-order valence-corrected chi connectivity index (χ4v) is 3.50. The van der Waals surface area contributed by atoms with Crippen molar-refractivity contribution in [3.8, 4) is 0 Å². The minimum atomic E-state index is -3.63. The fraction of sp³-hybridized carbons (Fsp3) is 0. The molecular weight excluding hydrogens is 443 g/mol. The maximum absolute atomic E-state index is 12.2. The van der Waals surface area contributed by atoms with Gasteiger partial charge in [0.2, 0.25) is 0 Å². The molecule has 0 saturated heterocycles. The molecule has 2 rings (SSSR count). The Morgan fingerprint density at radius 3 is 2.47 bits per heavy atom. The van der Waals surface area contributed by atoms with Gasteiger partial charge in [-0.15, -0.1) is 0 Å². The topological polar surface area (TPSA) is 72.2 Å². The van der Waals surface area contributed by atoms with Crippen LogP contribution in [0.15, 0.2) is 51.8 Å². The van der Waals surface area contributed by atoms with Crippen LogP contribution in [0.25, 0.3) is 0 Å². The largest absolute Gasteiger partial charge is 0.398 e. The van der Waals surface area contributed by atoms with Crippen molar-refractivity contribution in [2.75, 3.05) is 10.5 Å². The van der Waals surface area contributed by atoms with E-state index in [9.17, 15) is 8.42 Å². The number of rotatable bonds is 3. The Bertz CT molecular complexity index is 719. The minimum absolute atomic E-state index is 0.132. The van der Waals surface area contributed by atoms with Crippen LogP contribution in [0.4, 0.5) is 11.4 Å². The Labute approximate surface area is 133 Å². The summed E-state index contributed by atoms with van der Waals surface area (Å²) in [6.07, 6.45) is 0. The lowest BCUT2D eigenvalue weighted by atomic mass is 10.3. The van der Waals surface area contributed by atoms with E-state index >= 15 is 0 Å². The van der Waals surface area contributed by atoms with E-state index in [1.807, 2.05) is 12.1 Å². The summed E-state index contributed by atoms with van der Waals surface area (Å²) in [5.41, 5.74) is 6.63. The summed E-state index contributed by atoms with van der Waals surface area (Å²) >= 11 is 5.31. The van der Waals surface area contributed by atoms with Crippen molar-refractivity contribution in [2.24, 2.45) is 0 Å². The van der Waals surface area contributed by atoms with Crippen LogP contribution < -0.4 is 10.5 Å². The van der Waals surface area contributed by atoms with Crippen LogP contribution >= 0.6 is 38.5 Å². The molecule has 0 atom stereocenters. The van der Waals surface area contributed by atoms with Crippen LogP contribution in [0, 0.1) is 3.57 Å². The van der Waals surface area contributed by atoms with Crippen LogP contribution in [-0.2, 0) is 10.0 Å². The summed E-state index contributed by atoms with van der Waals surface area (Å²) < 4.78 is 28.5. The molecule has 0 bridgehead atoms. The van der Waals surface area contributed by atoms with Crippen molar-refractivity contribution in [3.05, 3.63) is 50.5 Å². The average Bonchev–Trinajstić information content (AvgIpc) is 2.35. The molecule has 3 N–H and O–H groups in total. The average molecular weight is 453 g/mol. The second kappa shape index (κ2) is 5.68. The predicted molar refractivity (Wildman–Crippen MR) is 88.5 cm³/mol. The van der Waals surface area contributed by atoms with E-state index in [-0.39, 0.29) is 4.90 Å². The van der Waals surface area contributed by atoms with Crippen molar-refractivity contribution >= 4 is 59.9 Å². The van der Waals surface area contributed by atoms with Gasteiger partial charge in [0, 0.05) is 13.7 Å². The second-order valence-electron chi connectivity index (χ2n) is 3.77. The van der Waals surface area contributed by atoms with Crippen LogP contribution in [0.1, 0.15) is 0 Å². The van der Waals surface area contributed by atoms with Gasteiger partial charge in [-0.25, -0.2) is 8.42 Å². The van der Waals surface area contributed by atoms with E-state index in [1.54, 1.807) is 18.2 Å². The number of sulfonamides is 1. The molecule has 4 nitrogen and oxygen atoms in total. The van der Waals surface area contributed by atoms with E-state index in [4.69, 9.17) is 5.73 Å². The van der Waals surface area contributed by atoms with Crippen molar-refractivity contribution in [3.63, 3.8) is 0 Å². The van der Waals surface area contributed by atoms with Gasteiger partial charge in [-0.05, 0) is 68.9 Å². The lowest BCUT2D eigenvalue weighted by molar-refractivity contribution is 0.601. The highest BCUT2D eigenvalue weighted by molar-refractivity contribution is 14.1. The van der Waals surface area contributed by atoms with E-state index in [1.165, 1.54) is 12.1 Å². The number of hydrogen-bond acceptors (Lipinski definition) is 3. The summed E-state index contributed by atoms with van der Waals surface area (Å²) in [4.78, 5) is 0.132. The van der Waals surface area contributed by atoms with Gasteiger partial charge in [0.15, 0.2) is 0 Å². The Balaban J connectivity index is 2.38. The summed E-state index contributed by atoms with van der Waals surface area (Å²) in [6, 6.07) is 11.7. The number of benzene rings is 2. The molecule has 0 spiro atoms. The Morgan fingerprint density at radius 2 is 1.84 bits per heavy atom. The number of halogens is 2. The fourth-order valence-electron chi connectivity index (χ4n) is 1.44. The molecule has 0 aliphatic heterocycles. The van der Waals surface area contributed by atoms with E-state index < -0.39 is 10.0 Å². The molecule has 0 unspecified atom stereocenters. The van der Waals surface area contributed by atoms with Gasteiger partial charge in [-0.3, -0.25) is 4.72 Å². The molecule has 2 aromatic rings. The lowest BCUT2D eigenvalue weighted by Crippen LogP contribution is -2.14. The molecule has 0 amide bonds. The first-order chi connectivity index (χ1) is 8.90. The van der Waals surface area contributed by atoms with Crippen LogP contribution in [-0.4, -0.2) is 8.42 Å². The quantitative estimate of drug-likeness (QED) is 0.553. The van der Waals surface area contributed by atoms with Gasteiger partial charge >= 0.3 is 0 Å². The number of para-hydroxylation sites is 1. The number of hydrogen-bond donors (Lipinski definition) is 2. The van der Waals surface area contributed by atoms with Gasteiger partial charge in [0.1, 0.15) is 0 Å². The monoisotopic (exact) mass is 452 g/mol. The van der Waals surface area contributed by atoms with Crippen LogP contribution in [0.3, 0.4) is 0 Å². The third kappa shape index (κ3) is 3.40. The molecule has 100 valence electrons. The van der Waals surface area contributed by atoms with E-state index in [0.717, 1.165) is 3.57 Å². The first kappa shape index (κ1) is 14.6. The molecule has 0 saturated carbocycles. The first-order valence-electron chi connectivity index (χ1n) is 5.22. The molecule has 0 fully saturated rings. The zero-order valence-corrected chi connectivity index (χ0v) is 14.2. The maximum atomic E-state index is 12.2. The van der Waals surface area contributed by atoms with Crippen LogP contribution in [0.5, 0.6) is 0 Å². The molecule has 19 heavy (non-hydrogen) atoms. The lowest BCUT2D eigenvalue weighted by Gasteiger charge is -2.10. The predicted octanol–water partition coefficient (Wildman–Crippen LogP) is 3.44. The number of anilines is 2. The van der Waals surface area contributed by atoms with E-state index in [2.05, 4.69) is 43.2 Å². The Kier molecular flexibility index (Phi) is 4.36. The van der Waals surface area contributed by atoms with Crippen molar-refractivity contribution in [1.82, 2.24) is 0 Å². The summed E-state index contributed by atoms with van der Waals surface area (Å²) in [7, 11) is -3.63. The standard InChI is InChI=1S/C12H10BrIN2O2S/c13-9-6-5-8(7-11(9)15)19(17,18)16-12-4-2-1-3-10(12)14/h1-7,16H,15H2. The second-order valence-corrected chi connectivity index (χ2v) is 7.47. The van der Waals surface area contributed by atoms with Gasteiger partial charge in [0.25, 0.3) is 10.0 Å². The van der Waals surface area contributed by atoms with Crippen molar-refractivity contribution in [2.45, 2.75) is 4.90 Å². The van der Waals surface area contributed by atoms with Gasteiger partial charge in [-0.1, -0.05) is 12.1 Å². The Morgan fingerprint density at radius 1 is 1.16 bits per heavy atom. The zero-order valence-electron chi connectivity index (χ0n) is 9.60. The molecule has 0 aliphatic carbocycles. The molecule has 0 aliphatic rings. The molecule has 0 radical (unpaired) electrons. The highest BCUT2D eigenvalue weighted by Gasteiger charge is 2.16. The number of nitrogens with one attached hydrogen (secondary N) is 1. The molecule has 0 aromatic heterocycles. The summed E-state index contributed by atoms with van der Waals surface area (Å²) in [5.74, 6) is 0. The third-order valence-electron chi connectivity index (χ3n) is 2.40. The smallest absolute Gasteiger partial charge is 0.262 e. The SMILES string of the molecule is Nc1cc(S(=O)(=O)Nc2ccccc2I)ccc1Br. The first-order valence-corrected chi connectivity index (χ1v) is 8.58. The highest BCUT2D eigenvalue weighted by Crippen LogP contribution is 2.25. The summed E-state index contributed by atoms with van der Waals surface area (Å²) in [5, 5.41) is 0. The van der Waals surface area contributed by atoms with Gasteiger partial charge in [0.05, 0.1) is 10.6 Å². The molecular formula is C12H10BrIN2O2S. The minimum Gasteiger partial charge on any atom is -0.398 e. The zero-order chi connectivity index (χ0) is 14.0. The van der Waals surface area contributed by atoms with Gasteiger partial charge in [-0.2, -0.15) is 0 Å². The molecule has 2 aromatic carbocycles. The molecule has 7 heteroatoms. The highest BCUT2D eigenvalue weighted by atomic mass is 127. The van der Waals surface area contributed by atoms with Crippen molar-refractivity contribution in [1.29, 1.82) is 0 Å². The Hall–Kier alpha value is -0.800. The number of nitrogens with two attached hydrogens (primary N) is 1. The third-order valence-corrected chi connectivity index (χ3v) is 5.42. The van der Waals surface area contributed by atoms with Gasteiger partial charge < -0.3 is 5.73 Å². The maximum Gasteiger partial charge on any atom is 0.262 e. The van der Waals surface area contributed by atoms with E-state index in [0.29, 0.717) is 15.8 Å². The number of nitrogen functional groups attached to an aromatic ring is 1. The normalized spacial score (nSPS) is 11.3. The van der Waals surface area contributed by atoms with Crippen molar-refractivity contribution < 1.29 is 8.42 Å². The summed E-state index contributed by atoms with van der Waals surface area (Å²) in [6.45, 7) is 0. The van der Waals surface area contributed by atoms with Crippen LogP contribution in [0.2, 0.25) is 0 Å².